The molecule has 0 aromatic heterocycles. The van der Waals surface area contributed by atoms with E-state index in [4.69, 9.17) is 5.11 Å². The Kier molecular flexibility index (Phi) is 8.19. The maximum absolute atomic E-state index is 12.5. The molecular formula is C17H30N2O3S. The lowest BCUT2D eigenvalue weighted by molar-refractivity contribution is 0.274. The summed E-state index contributed by atoms with van der Waals surface area (Å²) in [6, 6.07) is 7.53. The number of aliphatic hydroxyl groups excluding tert-OH is 1. The molecule has 2 atom stereocenters. The zero-order valence-corrected chi connectivity index (χ0v) is 15.4. The minimum atomic E-state index is -3.39. The van der Waals surface area contributed by atoms with E-state index in [0.29, 0.717) is 24.0 Å². The average Bonchev–Trinajstić information content (AvgIpc) is 2.53. The van der Waals surface area contributed by atoms with Gasteiger partial charge in [0, 0.05) is 31.8 Å². The second-order valence-corrected chi connectivity index (χ2v) is 7.75. The highest BCUT2D eigenvalue weighted by molar-refractivity contribution is 7.89. The molecule has 5 nitrogen and oxygen atoms in total. The quantitative estimate of drug-likeness (QED) is 0.685. The van der Waals surface area contributed by atoms with Gasteiger partial charge in [0.15, 0.2) is 0 Å². The molecule has 1 rings (SSSR count). The highest BCUT2D eigenvalue weighted by Gasteiger charge is 2.21. The van der Waals surface area contributed by atoms with Crippen molar-refractivity contribution in [1.29, 1.82) is 0 Å². The number of sulfonamides is 1. The average molecular weight is 343 g/mol. The summed E-state index contributed by atoms with van der Waals surface area (Å²) in [7, 11) is -3.39. The van der Waals surface area contributed by atoms with Crippen LogP contribution in [0.15, 0.2) is 29.2 Å². The van der Waals surface area contributed by atoms with Crippen LogP contribution in [0.5, 0.6) is 0 Å². The number of benzene rings is 1. The van der Waals surface area contributed by atoms with E-state index in [-0.39, 0.29) is 12.6 Å². The van der Waals surface area contributed by atoms with Gasteiger partial charge in [0.2, 0.25) is 10.0 Å². The molecule has 0 aliphatic heterocycles. The summed E-state index contributed by atoms with van der Waals surface area (Å²) in [5, 5.41) is 12.3. The van der Waals surface area contributed by atoms with E-state index in [1.54, 1.807) is 12.1 Å². The molecule has 0 fully saturated rings. The molecule has 1 aromatic rings. The monoisotopic (exact) mass is 342 g/mol. The van der Waals surface area contributed by atoms with E-state index >= 15 is 0 Å². The lowest BCUT2D eigenvalue weighted by atomic mass is 10.1. The summed E-state index contributed by atoms with van der Waals surface area (Å²) in [6.45, 7) is 8.99. The molecule has 0 amide bonds. The van der Waals surface area contributed by atoms with Crippen LogP contribution in [0.4, 0.5) is 0 Å². The molecule has 6 heteroatoms. The Hall–Kier alpha value is -0.950. The first-order valence-electron chi connectivity index (χ1n) is 8.33. The molecule has 0 saturated carbocycles. The third-order valence-corrected chi connectivity index (χ3v) is 6.12. The predicted octanol–water partition coefficient (Wildman–Crippen LogP) is 2.53. The Morgan fingerprint density at radius 3 is 2.17 bits per heavy atom. The molecular weight excluding hydrogens is 312 g/mol. The van der Waals surface area contributed by atoms with Crippen molar-refractivity contribution >= 4 is 10.0 Å². The van der Waals surface area contributed by atoms with Gasteiger partial charge in [0.1, 0.15) is 0 Å². The van der Waals surface area contributed by atoms with E-state index in [0.717, 1.165) is 18.4 Å². The Morgan fingerprint density at radius 1 is 1.13 bits per heavy atom. The van der Waals surface area contributed by atoms with Crippen LogP contribution in [0.2, 0.25) is 0 Å². The van der Waals surface area contributed by atoms with Gasteiger partial charge in [-0.1, -0.05) is 26.0 Å². The van der Waals surface area contributed by atoms with Crippen molar-refractivity contribution < 1.29 is 13.5 Å². The van der Waals surface area contributed by atoms with Gasteiger partial charge in [0.05, 0.1) is 4.90 Å². The minimum absolute atomic E-state index is 0.133. The minimum Gasteiger partial charge on any atom is -0.396 e. The molecule has 0 unspecified atom stereocenters. The molecule has 0 spiro atoms. The second-order valence-electron chi connectivity index (χ2n) is 5.81. The summed E-state index contributed by atoms with van der Waals surface area (Å²) < 4.78 is 26.4. The van der Waals surface area contributed by atoms with E-state index < -0.39 is 10.0 Å². The first-order valence-corrected chi connectivity index (χ1v) is 9.77. The van der Waals surface area contributed by atoms with E-state index in [1.807, 2.05) is 26.0 Å². The van der Waals surface area contributed by atoms with Crippen LogP contribution in [0.1, 0.15) is 52.1 Å². The Bertz CT molecular complexity index is 554. The molecule has 0 aliphatic carbocycles. The first kappa shape index (κ1) is 20.1. The van der Waals surface area contributed by atoms with Crippen molar-refractivity contribution in [1.82, 2.24) is 9.62 Å². The second kappa shape index (κ2) is 9.37. The van der Waals surface area contributed by atoms with Crippen LogP contribution in [-0.4, -0.2) is 43.6 Å². The number of nitrogens with zero attached hydrogens (tertiary/aromatic N) is 1. The van der Waals surface area contributed by atoms with E-state index in [2.05, 4.69) is 19.2 Å². The third-order valence-electron chi connectivity index (χ3n) is 4.05. The Labute approximate surface area is 140 Å². The third kappa shape index (κ3) is 5.57. The zero-order chi connectivity index (χ0) is 17.5. The van der Waals surface area contributed by atoms with Crippen molar-refractivity contribution in [3.8, 4) is 0 Å². The lowest BCUT2D eigenvalue weighted by Crippen LogP contribution is -2.31. The first-order chi connectivity index (χ1) is 10.9. The SMILES string of the molecule is CCN(CC)S(=O)(=O)c1ccc([C@H](C)N[C@@H](C)CCCO)cc1. The highest BCUT2D eigenvalue weighted by Crippen LogP contribution is 2.20. The molecule has 0 aliphatic rings. The number of hydrogen-bond acceptors (Lipinski definition) is 4. The number of rotatable bonds is 10. The number of aliphatic hydroxyl groups is 1. The summed E-state index contributed by atoms with van der Waals surface area (Å²) in [5.41, 5.74) is 1.05. The summed E-state index contributed by atoms with van der Waals surface area (Å²) in [4.78, 5) is 0.338. The largest absolute Gasteiger partial charge is 0.396 e. The maximum Gasteiger partial charge on any atom is 0.243 e. The maximum atomic E-state index is 12.5. The molecule has 23 heavy (non-hydrogen) atoms. The van der Waals surface area contributed by atoms with Gasteiger partial charge in [-0.05, 0) is 44.4 Å². The van der Waals surface area contributed by atoms with Crippen LogP contribution in [-0.2, 0) is 10.0 Å². The Morgan fingerprint density at radius 2 is 1.70 bits per heavy atom. The number of nitrogens with one attached hydrogen (secondary N) is 1. The zero-order valence-electron chi connectivity index (χ0n) is 14.6. The van der Waals surface area contributed by atoms with Gasteiger partial charge in [-0.25, -0.2) is 8.42 Å². The van der Waals surface area contributed by atoms with Gasteiger partial charge in [-0.15, -0.1) is 0 Å². The molecule has 132 valence electrons. The molecule has 0 radical (unpaired) electrons. The Balaban J connectivity index is 2.80. The smallest absolute Gasteiger partial charge is 0.243 e. The van der Waals surface area contributed by atoms with Crippen molar-refractivity contribution in [2.24, 2.45) is 0 Å². The topological polar surface area (TPSA) is 69.6 Å². The fourth-order valence-electron chi connectivity index (χ4n) is 2.64. The lowest BCUT2D eigenvalue weighted by Gasteiger charge is -2.21. The number of hydrogen-bond donors (Lipinski definition) is 2. The van der Waals surface area contributed by atoms with E-state index in [9.17, 15) is 8.42 Å². The fourth-order valence-corrected chi connectivity index (χ4v) is 4.10. The summed E-state index contributed by atoms with van der Waals surface area (Å²) >= 11 is 0. The van der Waals surface area contributed by atoms with Gasteiger partial charge in [0.25, 0.3) is 0 Å². The van der Waals surface area contributed by atoms with Crippen molar-refractivity contribution in [3.63, 3.8) is 0 Å². The molecule has 1 aromatic carbocycles. The van der Waals surface area contributed by atoms with Gasteiger partial charge >= 0.3 is 0 Å². The molecule has 0 bridgehead atoms. The van der Waals surface area contributed by atoms with Gasteiger partial charge in [-0.2, -0.15) is 4.31 Å². The molecule has 0 heterocycles. The van der Waals surface area contributed by atoms with Crippen molar-refractivity contribution in [3.05, 3.63) is 29.8 Å². The van der Waals surface area contributed by atoms with Crippen LogP contribution in [0.25, 0.3) is 0 Å². The van der Waals surface area contributed by atoms with Crippen molar-refractivity contribution in [2.75, 3.05) is 19.7 Å². The summed E-state index contributed by atoms with van der Waals surface area (Å²) in [5.74, 6) is 0. The molecule has 2 N–H and O–H groups in total. The summed E-state index contributed by atoms with van der Waals surface area (Å²) in [6.07, 6.45) is 1.69. The predicted molar refractivity (Wildman–Crippen MR) is 93.9 cm³/mol. The van der Waals surface area contributed by atoms with Crippen LogP contribution in [0, 0.1) is 0 Å². The van der Waals surface area contributed by atoms with E-state index in [1.165, 1.54) is 4.31 Å². The van der Waals surface area contributed by atoms with Crippen LogP contribution >= 0.6 is 0 Å². The fraction of sp³-hybridized carbons (Fsp3) is 0.647. The normalized spacial score (nSPS) is 14.9. The molecule has 0 saturated heterocycles. The van der Waals surface area contributed by atoms with Crippen molar-refractivity contribution in [2.45, 2.75) is 57.5 Å². The van der Waals surface area contributed by atoms with Crippen LogP contribution < -0.4 is 5.32 Å². The highest BCUT2D eigenvalue weighted by atomic mass is 32.2. The van der Waals surface area contributed by atoms with Gasteiger partial charge < -0.3 is 10.4 Å². The van der Waals surface area contributed by atoms with Gasteiger partial charge in [-0.3, -0.25) is 0 Å². The standard InChI is InChI=1S/C17H30N2O3S/c1-5-19(6-2)23(21,22)17-11-9-16(10-12-17)15(4)18-14(3)8-7-13-20/h9-12,14-15,18,20H,5-8,13H2,1-4H3/t14-,15-/m0/s1. The van der Waals surface area contributed by atoms with Crippen LogP contribution in [0.3, 0.4) is 0 Å².